The van der Waals surface area contributed by atoms with Crippen molar-refractivity contribution in [3.8, 4) is 0 Å². The van der Waals surface area contributed by atoms with Gasteiger partial charge in [-0.2, -0.15) is 0 Å². The normalized spacial score (nSPS) is 12.7. The van der Waals surface area contributed by atoms with Crippen LogP contribution in [0.25, 0.3) is 0 Å². The van der Waals surface area contributed by atoms with Crippen LogP contribution in [0.15, 0.2) is 6.20 Å². The van der Waals surface area contributed by atoms with Gasteiger partial charge in [-0.15, -0.1) is 0 Å². The van der Waals surface area contributed by atoms with E-state index in [-0.39, 0.29) is 25.3 Å². The van der Waals surface area contributed by atoms with E-state index in [1.54, 1.807) is 20.8 Å². The number of carbonyl (C=O) groups is 2. The van der Waals surface area contributed by atoms with Crippen LogP contribution < -0.4 is 29.3 Å². The largest absolute Gasteiger partial charge is 1.00 e. The third-order valence-electron chi connectivity index (χ3n) is 4.80. The zero-order valence-corrected chi connectivity index (χ0v) is 23.0. The number of carbonyl (C=O) groups excluding carboxylic acids is 2. The molecular formula is C23H42LiN3O5Si. The molecular weight excluding hydrogens is 433 g/mol. The van der Waals surface area contributed by atoms with Gasteiger partial charge in [-0.1, -0.05) is 33.0 Å². The van der Waals surface area contributed by atoms with Crippen molar-refractivity contribution >= 4 is 20.1 Å². The number of rotatable bonds is 14. The molecule has 1 amide bonds. The van der Waals surface area contributed by atoms with Crippen LogP contribution in [-0.4, -0.2) is 48.4 Å². The summed E-state index contributed by atoms with van der Waals surface area (Å²) in [4.78, 5) is 28.1. The van der Waals surface area contributed by atoms with Gasteiger partial charge in [-0.25, -0.2) is 9.78 Å². The summed E-state index contributed by atoms with van der Waals surface area (Å²) < 4.78 is 13.0. The SMILES string of the molecule is CCCc1cn(COCC[Si](C)(C)C)c(CC(CCCNC(=O)OC(C)(C)C)C(=O)[O-])n1.[Li+]. The van der Waals surface area contributed by atoms with Gasteiger partial charge in [0.05, 0.1) is 5.69 Å². The Hall–Kier alpha value is -1.28. The summed E-state index contributed by atoms with van der Waals surface area (Å²) in [7, 11) is -1.17. The fourth-order valence-electron chi connectivity index (χ4n) is 3.08. The number of aryl methyl sites for hydroxylation is 1. The second-order valence-electron chi connectivity index (χ2n) is 10.5. The third-order valence-corrected chi connectivity index (χ3v) is 6.51. The number of carboxylic acid groups (broad SMARTS) is 1. The molecule has 8 nitrogen and oxygen atoms in total. The molecule has 1 aromatic rings. The maximum absolute atomic E-state index is 11.7. The predicted octanol–water partition coefficient (Wildman–Crippen LogP) is 0.365. The number of aliphatic carboxylic acids is 1. The molecule has 1 atom stereocenters. The van der Waals surface area contributed by atoms with Gasteiger partial charge in [0.1, 0.15) is 18.2 Å². The molecule has 0 aliphatic rings. The first-order valence-electron chi connectivity index (χ1n) is 11.6. The molecule has 1 rings (SSSR count). The minimum absolute atomic E-state index is 0. The van der Waals surface area contributed by atoms with E-state index in [2.05, 4.69) is 36.9 Å². The molecule has 1 unspecified atom stereocenters. The summed E-state index contributed by atoms with van der Waals surface area (Å²) in [6, 6.07) is 1.07. The number of nitrogens with one attached hydrogen (secondary N) is 1. The van der Waals surface area contributed by atoms with E-state index in [0.29, 0.717) is 38.5 Å². The predicted molar refractivity (Wildman–Crippen MR) is 126 cm³/mol. The van der Waals surface area contributed by atoms with E-state index in [0.717, 1.165) is 24.6 Å². The van der Waals surface area contributed by atoms with Crippen molar-refractivity contribution in [3.05, 3.63) is 17.7 Å². The smallest absolute Gasteiger partial charge is 0.550 e. The van der Waals surface area contributed by atoms with Gasteiger partial charge in [0.2, 0.25) is 0 Å². The van der Waals surface area contributed by atoms with Gasteiger partial charge in [0.15, 0.2) is 0 Å². The van der Waals surface area contributed by atoms with Crippen molar-refractivity contribution < 1.29 is 43.0 Å². The Morgan fingerprint density at radius 2 is 1.94 bits per heavy atom. The number of carboxylic acids is 1. The second kappa shape index (κ2) is 14.9. The molecule has 0 saturated carbocycles. The molecule has 0 bridgehead atoms. The molecule has 0 fully saturated rings. The Morgan fingerprint density at radius 3 is 2.48 bits per heavy atom. The van der Waals surface area contributed by atoms with Crippen molar-refractivity contribution in [2.24, 2.45) is 5.92 Å². The summed E-state index contributed by atoms with van der Waals surface area (Å²) in [5.74, 6) is -1.09. The minimum atomic E-state index is -1.17. The van der Waals surface area contributed by atoms with E-state index in [1.807, 2.05) is 10.8 Å². The van der Waals surface area contributed by atoms with Crippen LogP contribution in [0.1, 0.15) is 58.5 Å². The first kappa shape index (κ1) is 31.7. The topological polar surface area (TPSA) is 106 Å². The van der Waals surface area contributed by atoms with E-state index in [1.165, 1.54) is 0 Å². The van der Waals surface area contributed by atoms with E-state index in [4.69, 9.17) is 9.47 Å². The second-order valence-corrected chi connectivity index (χ2v) is 16.1. The van der Waals surface area contributed by atoms with Gasteiger partial charge >= 0.3 is 25.0 Å². The Morgan fingerprint density at radius 1 is 1.27 bits per heavy atom. The molecule has 0 radical (unpaired) electrons. The standard InChI is InChI=1S/C23H43N3O5Si.Li/c1-8-10-19-16-26(17-30-13-14-32(5,6)7)20(25-19)15-18(21(27)28)11-9-12-24-22(29)31-23(2,3)4;/h16,18H,8-15,17H2,1-7H3,(H,24,29)(H,27,28);/q;+1/p-1. The maximum atomic E-state index is 11.7. The number of hydrogen-bond acceptors (Lipinski definition) is 6. The van der Waals surface area contributed by atoms with E-state index >= 15 is 0 Å². The zero-order valence-electron chi connectivity index (χ0n) is 22.0. The molecule has 184 valence electrons. The summed E-state index contributed by atoms with van der Waals surface area (Å²) in [5.41, 5.74) is 0.377. The monoisotopic (exact) mass is 475 g/mol. The fourth-order valence-corrected chi connectivity index (χ4v) is 3.84. The Bertz CT molecular complexity index is 729. The number of nitrogens with zero attached hydrogens (tertiary/aromatic N) is 2. The Labute approximate surface area is 212 Å². The van der Waals surface area contributed by atoms with Gasteiger partial charge in [-0.05, 0) is 46.1 Å². The van der Waals surface area contributed by atoms with Crippen molar-refractivity contribution in [2.75, 3.05) is 13.2 Å². The van der Waals surface area contributed by atoms with E-state index in [9.17, 15) is 14.7 Å². The number of imidazole rings is 1. The summed E-state index contributed by atoms with van der Waals surface area (Å²) in [5, 5.41) is 14.4. The summed E-state index contributed by atoms with van der Waals surface area (Å²) in [6.07, 6.45) is 4.42. The maximum Gasteiger partial charge on any atom is 1.00 e. The Balaban J connectivity index is 0.0000102. The van der Waals surface area contributed by atoms with Crippen molar-refractivity contribution in [2.45, 2.75) is 97.8 Å². The molecule has 0 aromatic carbocycles. The minimum Gasteiger partial charge on any atom is -0.550 e. The average molecular weight is 476 g/mol. The molecule has 0 saturated heterocycles. The first-order chi connectivity index (χ1) is 14.8. The fraction of sp³-hybridized carbons (Fsp3) is 0.783. The summed E-state index contributed by atoms with van der Waals surface area (Å²) >= 11 is 0. The van der Waals surface area contributed by atoms with Crippen molar-refractivity contribution in [3.63, 3.8) is 0 Å². The number of ether oxygens (including phenoxy) is 2. The molecule has 1 heterocycles. The van der Waals surface area contributed by atoms with Crippen LogP contribution in [0.3, 0.4) is 0 Å². The van der Waals surface area contributed by atoms with Crippen LogP contribution in [-0.2, 0) is 33.8 Å². The molecule has 33 heavy (non-hydrogen) atoms. The number of aromatic nitrogens is 2. The molecule has 0 aliphatic carbocycles. The van der Waals surface area contributed by atoms with Gasteiger partial charge in [0, 0.05) is 45.7 Å². The summed E-state index contributed by atoms with van der Waals surface area (Å²) in [6.45, 7) is 15.8. The van der Waals surface area contributed by atoms with E-state index < -0.39 is 31.7 Å². The van der Waals surface area contributed by atoms with Crippen molar-refractivity contribution in [1.82, 2.24) is 14.9 Å². The molecule has 0 spiro atoms. The first-order valence-corrected chi connectivity index (χ1v) is 15.3. The Kier molecular flexibility index (Phi) is 14.3. The zero-order chi connectivity index (χ0) is 24.4. The van der Waals surface area contributed by atoms with Gasteiger partial charge in [-0.3, -0.25) is 0 Å². The number of hydrogen-bond donors (Lipinski definition) is 1. The van der Waals surface area contributed by atoms with Crippen LogP contribution in [0.4, 0.5) is 4.79 Å². The molecule has 1 N–H and O–H groups in total. The van der Waals surface area contributed by atoms with Gasteiger partial charge in [0.25, 0.3) is 0 Å². The average Bonchev–Trinajstić information content (AvgIpc) is 3.00. The van der Waals surface area contributed by atoms with Crippen LogP contribution in [0.5, 0.6) is 0 Å². The number of alkyl carbamates (subject to hydrolysis) is 1. The van der Waals surface area contributed by atoms with Crippen LogP contribution in [0, 0.1) is 5.92 Å². The molecule has 1 aromatic heterocycles. The van der Waals surface area contributed by atoms with Gasteiger partial charge < -0.3 is 29.3 Å². The van der Waals surface area contributed by atoms with Crippen LogP contribution >= 0.6 is 0 Å². The third kappa shape index (κ3) is 14.6. The quantitative estimate of drug-likeness (QED) is 0.308. The van der Waals surface area contributed by atoms with Crippen LogP contribution in [0.2, 0.25) is 25.7 Å². The number of amides is 1. The van der Waals surface area contributed by atoms with Crippen molar-refractivity contribution in [1.29, 1.82) is 0 Å². The molecule has 0 aliphatic heterocycles. The molecule has 10 heteroatoms.